The van der Waals surface area contributed by atoms with E-state index in [4.69, 9.17) is 0 Å². The van der Waals surface area contributed by atoms with Crippen LogP contribution in [0.1, 0.15) is 15.9 Å². The second kappa shape index (κ2) is 3.89. The summed E-state index contributed by atoms with van der Waals surface area (Å²) in [4.78, 5) is 11.2. The fraction of sp³-hybridized carbons (Fsp3) is 0.222. The SMILES string of the molecule is CNC(=O)c1ccc(I)cc1C. The second-order valence-corrected chi connectivity index (χ2v) is 3.78. The Morgan fingerprint density at radius 2 is 2.17 bits per heavy atom. The molecule has 0 radical (unpaired) electrons. The normalized spacial score (nSPS) is 9.58. The zero-order valence-electron chi connectivity index (χ0n) is 7.02. The first-order valence-electron chi connectivity index (χ1n) is 3.63. The van der Waals surface area contributed by atoms with Gasteiger partial charge in [0.25, 0.3) is 5.91 Å². The standard InChI is InChI=1S/C9H10INO/c1-6-5-7(10)3-4-8(6)9(12)11-2/h3-5H,1-2H3,(H,11,12). The van der Waals surface area contributed by atoms with E-state index in [2.05, 4.69) is 27.9 Å². The van der Waals surface area contributed by atoms with Crippen molar-refractivity contribution in [3.05, 3.63) is 32.9 Å². The van der Waals surface area contributed by atoms with E-state index in [0.717, 1.165) is 14.7 Å². The van der Waals surface area contributed by atoms with Crippen LogP contribution in [0.5, 0.6) is 0 Å². The number of halogens is 1. The Morgan fingerprint density at radius 3 is 2.67 bits per heavy atom. The number of aryl methyl sites for hydroxylation is 1. The van der Waals surface area contributed by atoms with Gasteiger partial charge in [0.05, 0.1) is 0 Å². The number of amides is 1. The van der Waals surface area contributed by atoms with E-state index in [1.807, 2.05) is 25.1 Å². The summed E-state index contributed by atoms with van der Waals surface area (Å²) in [5.74, 6) is -0.0242. The van der Waals surface area contributed by atoms with E-state index in [1.165, 1.54) is 0 Å². The van der Waals surface area contributed by atoms with Crippen molar-refractivity contribution in [3.63, 3.8) is 0 Å². The summed E-state index contributed by atoms with van der Waals surface area (Å²) in [5.41, 5.74) is 1.76. The molecule has 0 fully saturated rings. The number of hydrogen-bond acceptors (Lipinski definition) is 1. The number of carbonyl (C=O) groups excluding carboxylic acids is 1. The summed E-state index contributed by atoms with van der Waals surface area (Å²) >= 11 is 2.23. The molecule has 1 aromatic carbocycles. The minimum absolute atomic E-state index is 0.0242. The molecular weight excluding hydrogens is 265 g/mol. The molecular formula is C9H10INO. The Bertz CT molecular complexity index is 309. The van der Waals surface area contributed by atoms with E-state index >= 15 is 0 Å². The van der Waals surface area contributed by atoms with Crippen molar-refractivity contribution in [2.75, 3.05) is 7.05 Å². The molecule has 0 aliphatic rings. The zero-order chi connectivity index (χ0) is 9.14. The molecule has 0 atom stereocenters. The van der Waals surface area contributed by atoms with E-state index in [9.17, 15) is 4.79 Å². The average molecular weight is 275 g/mol. The van der Waals surface area contributed by atoms with Crippen LogP contribution in [-0.2, 0) is 0 Å². The number of hydrogen-bond donors (Lipinski definition) is 1. The first-order valence-corrected chi connectivity index (χ1v) is 4.71. The predicted octanol–water partition coefficient (Wildman–Crippen LogP) is 1.96. The molecule has 0 bridgehead atoms. The number of carbonyl (C=O) groups is 1. The van der Waals surface area contributed by atoms with Crippen LogP contribution in [0.2, 0.25) is 0 Å². The molecule has 0 heterocycles. The topological polar surface area (TPSA) is 29.1 Å². The van der Waals surface area contributed by atoms with Gasteiger partial charge in [0.15, 0.2) is 0 Å². The summed E-state index contributed by atoms with van der Waals surface area (Å²) < 4.78 is 1.15. The smallest absolute Gasteiger partial charge is 0.251 e. The van der Waals surface area contributed by atoms with Gasteiger partial charge >= 0.3 is 0 Å². The predicted molar refractivity (Wildman–Crippen MR) is 57.3 cm³/mol. The summed E-state index contributed by atoms with van der Waals surface area (Å²) in [6.07, 6.45) is 0. The van der Waals surface area contributed by atoms with Crippen LogP contribution in [0.4, 0.5) is 0 Å². The fourth-order valence-corrected chi connectivity index (χ4v) is 1.66. The highest BCUT2D eigenvalue weighted by Crippen LogP contribution is 2.12. The van der Waals surface area contributed by atoms with Crippen molar-refractivity contribution in [3.8, 4) is 0 Å². The summed E-state index contributed by atoms with van der Waals surface area (Å²) in [7, 11) is 1.64. The molecule has 0 saturated carbocycles. The van der Waals surface area contributed by atoms with Gasteiger partial charge in [0.1, 0.15) is 0 Å². The van der Waals surface area contributed by atoms with Gasteiger partial charge < -0.3 is 5.32 Å². The first-order chi connectivity index (χ1) is 5.65. The maximum atomic E-state index is 11.2. The molecule has 1 N–H and O–H groups in total. The van der Waals surface area contributed by atoms with Gasteiger partial charge in [-0.05, 0) is 53.3 Å². The highest BCUT2D eigenvalue weighted by atomic mass is 127. The Balaban J connectivity index is 3.09. The van der Waals surface area contributed by atoms with Crippen molar-refractivity contribution in [1.29, 1.82) is 0 Å². The van der Waals surface area contributed by atoms with Gasteiger partial charge in [-0.25, -0.2) is 0 Å². The van der Waals surface area contributed by atoms with Gasteiger partial charge in [-0.2, -0.15) is 0 Å². The third-order valence-electron chi connectivity index (χ3n) is 1.66. The summed E-state index contributed by atoms with van der Waals surface area (Å²) in [6, 6.07) is 5.76. The van der Waals surface area contributed by atoms with E-state index in [-0.39, 0.29) is 5.91 Å². The lowest BCUT2D eigenvalue weighted by atomic mass is 10.1. The number of benzene rings is 1. The van der Waals surface area contributed by atoms with Crippen LogP contribution in [0.15, 0.2) is 18.2 Å². The molecule has 1 amide bonds. The minimum atomic E-state index is -0.0242. The third-order valence-corrected chi connectivity index (χ3v) is 2.33. The maximum absolute atomic E-state index is 11.2. The molecule has 0 aliphatic carbocycles. The molecule has 3 heteroatoms. The fourth-order valence-electron chi connectivity index (χ4n) is 1.02. The van der Waals surface area contributed by atoms with Crippen LogP contribution in [0.25, 0.3) is 0 Å². The highest BCUT2D eigenvalue weighted by Gasteiger charge is 2.05. The van der Waals surface area contributed by atoms with Gasteiger partial charge in [-0.3, -0.25) is 4.79 Å². The molecule has 64 valence electrons. The average Bonchev–Trinajstić information content (AvgIpc) is 2.03. The number of nitrogens with one attached hydrogen (secondary N) is 1. The van der Waals surface area contributed by atoms with Gasteiger partial charge in [0, 0.05) is 16.2 Å². The molecule has 0 aliphatic heterocycles. The number of rotatable bonds is 1. The van der Waals surface area contributed by atoms with Crippen LogP contribution in [-0.4, -0.2) is 13.0 Å². The van der Waals surface area contributed by atoms with Crippen molar-refractivity contribution in [2.24, 2.45) is 0 Å². The van der Waals surface area contributed by atoms with Gasteiger partial charge in [-0.1, -0.05) is 0 Å². The third kappa shape index (κ3) is 1.97. The Labute approximate surface area is 85.5 Å². The van der Waals surface area contributed by atoms with E-state index in [1.54, 1.807) is 7.05 Å². The van der Waals surface area contributed by atoms with Crippen molar-refractivity contribution < 1.29 is 4.79 Å². The molecule has 12 heavy (non-hydrogen) atoms. The van der Waals surface area contributed by atoms with Crippen LogP contribution in [0.3, 0.4) is 0 Å². The van der Waals surface area contributed by atoms with Gasteiger partial charge in [-0.15, -0.1) is 0 Å². The zero-order valence-corrected chi connectivity index (χ0v) is 9.18. The Morgan fingerprint density at radius 1 is 1.50 bits per heavy atom. The monoisotopic (exact) mass is 275 g/mol. The van der Waals surface area contributed by atoms with Crippen LogP contribution >= 0.6 is 22.6 Å². The lowest BCUT2D eigenvalue weighted by Gasteiger charge is -2.03. The Hall–Kier alpha value is -0.580. The maximum Gasteiger partial charge on any atom is 0.251 e. The van der Waals surface area contributed by atoms with E-state index in [0.29, 0.717) is 0 Å². The quantitative estimate of drug-likeness (QED) is 0.780. The lowest BCUT2D eigenvalue weighted by molar-refractivity contribution is 0.0962. The molecule has 2 nitrogen and oxygen atoms in total. The van der Waals surface area contributed by atoms with Crippen molar-refractivity contribution >= 4 is 28.5 Å². The van der Waals surface area contributed by atoms with Crippen molar-refractivity contribution in [2.45, 2.75) is 6.92 Å². The van der Waals surface area contributed by atoms with Crippen molar-refractivity contribution in [1.82, 2.24) is 5.32 Å². The first kappa shape index (κ1) is 9.51. The second-order valence-electron chi connectivity index (χ2n) is 2.54. The largest absolute Gasteiger partial charge is 0.355 e. The summed E-state index contributed by atoms with van der Waals surface area (Å²) in [6.45, 7) is 1.94. The van der Waals surface area contributed by atoms with Gasteiger partial charge in [0.2, 0.25) is 0 Å². The highest BCUT2D eigenvalue weighted by molar-refractivity contribution is 14.1. The molecule has 1 aromatic rings. The Kier molecular flexibility index (Phi) is 3.08. The molecule has 0 spiro atoms. The molecule has 1 rings (SSSR count). The lowest BCUT2D eigenvalue weighted by Crippen LogP contribution is -2.18. The van der Waals surface area contributed by atoms with E-state index < -0.39 is 0 Å². The van der Waals surface area contributed by atoms with Crippen LogP contribution in [0, 0.1) is 10.5 Å². The molecule has 0 aromatic heterocycles. The minimum Gasteiger partial charge on any atom is -0.355 e. The summed E-state index contributed by atoms with van der Waals surface area (Å²) in [5, 5.41) is 2.60. The molecule has 0 unspecified atom stereocenters. The molecule has 0 saturated heterocycles. The van der Waals surface area contributed by atoms with Crippen LogP contribution < -0.4 is 5.32 Å².